The van der Waals surface area contributed by atoms with Crippen molar-refractivity contribution in [2.75, 3.05) is 6.61 Å². The van der Waals surface area contributed by atoms with Crippen LogP contribution in [0.1, 0.15) is 51.7 Å². The average Bonchev–Trinajstić information content (AvgIpc) is 3.01. The van der Waals surface area contributed by atoms with E-state index in [-0.39, 0.29) is 18.5 Å². The molecule has 0 spiro atoms. The number of amides is 1. The molecule has 0 aliphatic carbocycles. The molecular weight excluding hydrogens is 415 g/mol. The molecule has 1 saturated heterocycles. The largest absolute Gasteiger partial charge is 0.481 e. The van der Waals surface area contributed by atoms with Crippen LogP contribution in [0.25, 0.3) is 0 Å². The van der Waals surface area contributed by atoms with Crippen LogP contribution in [0.15, 0.2) is 60.7 Å². The van der Waals surface area contributed by atoms with Gasteiger partial charge in [0.25, 0.3) is 0 Å². The molecule has 6 nitrogen and oxygen atoms in total. The predicted octanol–water partition coefficient (Wildman–Crippen LogP) is 3.67. The Hall–Kier alpha value is -2.19. The van der Waals surface area contributed by atoms with Gasteiger partial charge in [-0.15, -0.1) is 0 Å². The molecule has 1 aliphatic heterocycles. The van der Waals surface area contributed by atoms with Crippen LogP contribution >= 0.6 is 0 Å². The van der Waals surface area contributed by atoms with Crippen LogP contribution < -0.4 is 11.1 Å². The van der Waals surface area contributed by atoms with Crippen molar-refractivity contribution in [1.29, 1.82) is 0 Å². The van der Waals surface area contributed by atoms with Gasteiger partial charge < -0.3 is 25.1 Å². The Bertz CT molecular complexity index is 860. The van der Waals surface area contributed by atoms with Gasteiger partial charge in [0, 0.05) is 0 Å². The van der Waals surface area contributed by atoms with Gasteiger partial charge in [-0.05, 0) is 58.1 Å². The quantitative estimate of drug-likeness (QED) is 0.509. The van der Waals surface area contributed by atoms with Gasteiger partial charge in [0.2, 0.25) is 5.91 Å². The van der Waals surface area contributed by atoms with Crippen molar-refractivity contribution in [2.24, 2.45) is 5.73 Å². The van der Waals surface area contributed by atoms with Crippen LogP contribution in [0.2, 0.25) is 0 Å². The van der Waals surface area contributed by atoms with E-state index in [2.05, 4.69) is 17.4 Å². The second-order valence-electron chi connectivity index (χ2n) is 9.72. The smallest absolute Gasteiger partial charge is 0.402 e. The van der Waals surface area contributed by atoms with Crippen LogP contribution in [0.5, 0.6) is 0 Å². The highest BCUT2D eigenvalue weighted by Gasteiger charge is 2.54. The number of hydrogen-bond acceptors (Lipinski definition) is 5. The van der Waals surface area contributed by atoms with Gasteiger partial charge in [0.15, 0.2) is 0 Å². The molecule has 1 fully saturated rings. The molecule has 1 unspecified atom stereocenters. The van der Waals surface area contributed by atoms with Crippen molar-refractivity contribution in [2.45, 2.75) is 76.7 Å². The highest BCUT2D eigenvalue weighted by molar-refractivity contribution is 6.48. The summed E-state index contributed by atoms with van der Waals surface area (Å²) in [6, 6.07) is 19.4. The minimum Gasteiger partial charge on any atom is -0.402 e. The van der Waals surface area contributed by atoms with E-state index in [0.29, 0.717) is 6.61 Å². The van der Waals surface area contributed by atoms with E-state index in [1.165, 1.54) is 5.56 Å². The number of rotatable bonds is 11. The van der Waals surface area contributed by atoms with E-state index >= 15 is 0 Å². The summed E-state index contributed by atoms with van der Waals surface area (Å²) in [6.45, 7) is 8.61. The molecular formula is C26H37BN2O4. The molecule has 3 rings (SSSR count). The van der Waals surface area contributed by atoms with E-state index in [0.717, 1.165) is 24.8 Å². The van der Waals surface area contributed by atoms with Gasteiger partial charge in [-0.2, -0.15) is 0 Å². The Morgan fingerprint density at radius 1 is 0.970 bits per heavy atom. The monoisotopic (exact) mass is 452 g/mol. The lowest BCUT2D eigenvalue weighted by Gasteiger charge is -2.32. The van der Waals surface area contributed by atoms with E-state index in [1.807, 2.05) is 76.2 Å². The minimum absolute atomic E-state index is 0.140. The molecule has 7 heteroatoms. The Morgan fingerprint density at radius 2 is 1.52 bits per heavy atom. The first-order valence-corrected chi connectivity index (χ1v) is 11.8. The fourth-order valence-corrected chi connectivity index (χ4v) is 3.74. The molecule has 178 valence electrons. The Balaban J connectivity index is 1.57. The summed E-state index contributed by atoms with van der Waals surface area (Å²) in [6.07, 6.45) is 2.52. The zero-order chi connectivity index (χ0) is 23.9. The lowest BCUT2D eigenvalue weighted by Crippen LogP contribution is -2.53. The highest BCUT2D eigenvalue weighted by atomic mass is 16.7. The first kappa shape index (κ1) is 25.4. The summed E-state index contributed by atoms with van der Waals surface area (Å²) >= 11 is 0. The van der Waals surface area contributed by atoms with E-state index in [4.69, 9.17) is 19.8 Å². The Kier molecular flexibility index (Phi) is 8.71. The lowest BCUT2D eigenvalue weighted by atomic mass is 9.75. The number of nitrogens with two attached hydrogens (primary N) is 1. The van der Waals surface area contributed by atoms with E-state index in [9.17, 15) is 4.79 Å². The molecule has 33 heavy (non-hydrogen) atoms. The normalized spacial score (nSPS) is 18.6. The first-order valence-electron chi connectivity index (χ1n) is 11.8. The zero-order valence-electron chi connectivity index (χ0n) is 20.3. The first-order chi connectivity index (χ1) is 15.7. The van der Waals surface area contributed by atoms with Gasteiger partial charge >= 0.3 is 7.12 Å². The maximum Gasteiger partial charge on any atom is 0.481 e. The number of carbonyl (C=O) groups is 1. The topological polar surface area (TPSA) is 82.8 Å². The number of aryl methyl sites for hydroxylation is 1. The molecule has 2 atom stereocenters. The summed E-state index contributed by atoms with van der Waals surface area (Å²) in [4.78, 5) is 12.9. The third-order valence-corrected chi connectivity index (χ3v) is 6.50. The summed E-state index contributed by atoms with van der Waals surface area (Å²) < 4.78 is 18.1. The lowest BCUT2D eigenvalue weighted by molar-refractivity contribution is -0.124. The van der Waals surface area contributed by atoms with Crippen molar-refractivity contribution >= 4 is 13.0 Å². The minimum atomic E-state index is -0.771. The molecule has 1 amide bonds. The standard InChI is InChI=1S/C26H37BN2O4/c1-25(2)26(3,4)33-27(32-25)23(17-11-16-20-12-7-5-8-13-20)29-24(30)22(28)19-31-18-21-14-9-6-10-15-21/h5-10,12-15,22-23H,11,16-19,28H2,1-4H3,(H,29,30)/t22?,23-/m0/s1. The van der Waals surface area contributed by atoms with Crippen molar-refractivity contribution in [3.05, 3.63) is 71.8 Å². The van der Waals surface area contributed by atoms with Gasteiger partial charge in [0.05, 0.1) is 30.4 Å². The molecule has 3 N–H and O–H groups in total. The molecule has 1 heterocycles. The van der Waals surface area contributed by atoms with E-state index in [1.54, 1.807) is 0 Å². The summed E-state index contributed by atoms with van der Waals surface area (Å²) in [5, 5.41) is 3.08. The van der Waals surface area contributed by atoms with Gasteiger partial charge in [-0.1, -0.05) is 60.7 Å². The van der Waals surface area contributed by atoms with Crippen molar-refractivity contribution in [3.63, 3.8) is 0 Å². The van der Waals surface area contributed by atoms with Crippen molar-refractivity contribution in [1.82, 2.24) is 5.32 Å². The number of nitrogens with one attached hydrogen (secondary N) is 1. The van der Waals surface area contributed by atoms with Crippen LogP contribution in [0.3, 0.4) is 0 Å². The zero-order valence-corrected chi connectivity index (χ0v) is 20.3. The van der Waals surface area contributed by atoms with Crippen LogP contribution in [0, 0.1) is 0 Å². The third kappa shape index (κ3) is 7.15. The Morgan fingerprint density at radius 3 is 2.09 bits per heavy atom. The third-order valence-electron chi connectivity index (χ3n) is 6.50. The molecule has 0 aromatic heterocycles. The Labute approximate surface area is 198 Å². The van der Waals surface area contributed by atoms with Crippen molar-refractivity contribution < 1.29 is 18.8 Å². The summed E-state index contributed by atoms with van der Waals surface area (Å²) in [5.41, 5.74) is 7.50. The molecule has 2 aromatic carbocycles. The van der Waals surface area contributed by atoms with E-state index < -0.39 is 24.4 Å². The predicted molar refractivity (Wildman–Crippen MR) is 131 cm³/mol. The maximum atomic E-state index is 12.9. The molecule has 0 saturated carbocycles. The maximum absolute atomic E-state index is 12.9. The molecule has 0 bridgehead atoms. The SMILES string of the molecule is CC1(C)OB([C@H](CCCc2ccccc2)NC(=O)C(N)COCc2ccccc2)OC1(C)C. The van der Waals surface area contributed by atoms with Gasteiger partial charge in [-0.3, -0.25) is 4.79 Å². The van der Waals surface area contributed by atoms with Gasteiger partial charge in [0.1, 0.15) is 6.04 Å². The van der Waals surface area contributed by atoms with Crippen molar-refractivity contribution in [3.8, 4) is 0 Å². The second-order valence-corrected chi connectivity index (χ2v) is 9.72. The fraction of sp³-hybridized carbons (Fsp3) is 0.500. The fourth-order valence-electron chi connectivity index (χ4n) is 3.74. The molecule has 0 radical (unpaired) electrons. The number of hydrogen-bond donors (Lipinski definition) is 2. The second kappa shape index (κ2) is 11.3. The van der Waals surface area contributed by atoms with Crippen LogP contribution in [-0.4, -0.2) is 42.8 Å². The number of carbonyl (C=O) groups excluding carboxylic acids is 1. The molecule has 1 aliphatic rings. The highest BCUT2D eigenvalue weighted by Crippen LogP contribution is 2.38. The van der Waals surface area contributed by atoms with Gasteiger partial charge in [-0.25, -0.2) is 0 Å². The van der Waals surface area contributed by atoms with Crippen LogP contribution in [-0.2, 0) is 31.9 Å². The van der Waals surface area contributed by atoms with Crippen LogP contribution in [0.4, 0.5) is 0 Å². The summed E-state index contributed by atoms with van der Waals surface area (Å²) in [7, 11) is -0.535. The summed E-state index contributed by atoms with van der Waals surface area (Å²) in [5.74, 6) is -0.565. The molecule has 2 aromatic rings. The number of ether oxygens (including phenoxy) is 1. The number of benzene rings is 2. The average molecular weight is 452 g/mol.